The molecule has 2 rings (SSSR count). The van der Waals surface area contributed by atoms with Crippen LogP contribution in [0, 0.1) is 0 Å². The second-order valence-corrected chi connectivity index (χ2v) is 4.73. The number of phenols is 1. The summed E-state index contributed by atoms with van der Waals surface area (Å²) in [7, 11) is 4.52. The van der Waals surface area contributed by atoms with Crippen molar-refractivity contribution in [3.05, 3.63) is 47.5 Å². The van der Waals surface area contributed by atoms with E-state index < -0.39 is 5.91 Å². The Morgan fingerprint density at radius 2 is 1.62 bits per heavy atom. The van der Waals surface area contributed by atoms with Gasteiger partial charge in [0.25, 0.3) is 5.91 Å². The Morgan fingerprint density at radius 3 is 2.21 bits per heavy atom. The first-order valence-corrected chi connectivity index (χ1v) is 7.01. The number of ether oxygens (including phenoxy) is 3. The zero-order chi connectivity index (χ0) is 17.5. The van der Waals surface area contributed by atoms with Crippen molar-refractivity contribution in [2.24, 2.45) is 5.10 Å². The third-order valence-corrected chi connectivity index (χ3v) is 3.22. The Labute approximate surface area is 139 Å². The summed E-state index contributed by atoms with van der Waals surface area (Å²) in [6, 6.07) is 9.49. The maximum absolute atomic E-state index is 12.2. The fraction of sp³-hybridized carbons (Fsp3) is 0.176. The van der Waals surface area contributed by atoms with Crippen LogP contribution in [-0.2, 0) is 0 Å². The van der Waals surface area contributed by atoms with Gasteiger partial charge in [-0.1, -0.05) is 0 Å². The SMILES string of the molecule is COc1cc(OC)cc(C(=O)N/N=C\c2cc(OC)ccc2O)c1. The topological polar surface area (TPSA) is 89.4 Å². The molecule has 126 valence electrons. The molecule has 0 unspecified atom stereocenters. The number of hydrogen-bond donors (Lipinski definition) is 2. The van der Waals surface area contributed by atoms with Gasteiger partial charge in [0.15, 0.2) is 0 Å². The van der Waals surface area contributed by atoms with Gasteiger partial charge in [-0.05, 0) is 30.3 Å². The quantitative estimate of drug-likeness (QED) is 0.626. The van der Waals surface area contributed by atoms with Gasteiger partial charge in [-0.2, -0.15) is 5.10 Å². The molecule has 0 radical (unpaired) electrons. The van der Waals surface area contributed by atoms with Crippen molar-refractivity contribution in [2.75, 3.05) is 21.3 Å². The number of benzene rings is 2. The maximum Gasteiger partial charge on any atom is 0.271 e. The molecule has 0 atom stereocenters. The summed E-state index contributed by atoms with van der Waals surface area (Å²) in [5, 5.41) is 13.6. The average molecular weight is 330 g/mol. The number of hydrogen-bond acceptors (Lipinski definition) is 6. The van der Waals surface area contributed by atoms with Crippen molar-refractivity contribution in [1.82, 2.24) is 5.43 Å². The van der Waals surface area contributed by atoms with Crippen LogP contribution in [0.5, 0.6) is 23.0 Å². The van der Waals surface area contributed by atoms with Crippen LogP contribution < -0.4 is 19.6 Å². The molecule has 2 aromatic carbocycles. The molecule has 0 heterocycles. The average Bonchev–Trinajstić information content (AvgIpc) is 2.62. The van der Waals surface area contributed by atoms with Crippen molar-refractivity contribution in [1.29, 1.82) is 0 Å². The largest absolute Gasteiger partial charge is 0.507 e. The summed E-state index contributed by atoms with van der Waals surface area (Å²) in [5.41, 5.74) is 3.13. The standard InChI is InChI=1S/C17H18N2O5/c1-22-13-4-5-16(20)12(8-13)10-18-19-17(21)11-6-14(23-2)9-15(7-11)24-3/h4-10,20H,1-3H3,(H,19,21)/b18-10-. The number of methoxy groups -OCH3 is 3. The van der Waals surface area contributed by atoms with Crippen LogP contribution in [0.1, 0.15) is 15.9 Å². The number of nitrogens with one attached hydrogen (secondary N) is 1. The summed E-state index contributed by atoms with van der Waals surface area (Å²) in [6.45, 7) is 0. The van der Waals surface area contributed by atoms with Gasteiger partial charge in [0.1, 0.15) is 23.0 Å². The van der Waals surface area contributed by atoms with Gasteiger partial charge in [-0.25, -0.2) is 5.43 Å². The first-order chi connectivity index (χ1) is 11.6. The number of rotatable bonds is 6. The van der Waals surface area contributed by atoms with Crippen LogP contribution in [0.2, 0.25) is 0 Å². The molecule has 0 aliphatic rings. The molecule has 0 saturated carbocycles. The fourth-order valence-corrected chi connectivity index (χ4v) is 1.93. The van der Waals surface area contributed by atoms with Crippen molar-refractivity contribution >= 4 is 12.1 Å². The van der Waals surface area contributed by atoms with Gasteiger partial charge in [0.2, 0.25) is 0 Å². The van der Waals surface area contributed by atoms with E-state index in [1.807, 2.05) is 0 Å². The van der Waals surface area contributed by atoms with Gasteiger partial charge in [0, 0.05) is 17.2 Å². The lowest BCUT2D eigenvalue weighted by Gasteiger charge is -2.07. The minimum Gasteiger partial charge on any atom is -0.507 e. The van der Waals surface area contributed by atoms with Crippen molar-refractivity contribution in [2.45, 2.75) is 0 Å². The first kappa shape index (κ1) is 17.1. The highest BCUT2D eigenvalue weighted by Gasteiger charge is 2.09. The van der Waals surface area contributed by atoms with Gasteiger partial charge < -0.3 is 19.3 Å². The number of hydrazone groups is 1. The van der Waals surface area contributed by atoms with E-state index >= 15 is 0 Å². The van der Waals surface area contributed by atoms with Crippen LogP contribution in [0.4, 0.5) is 0 Å². The molecule has 0 aliphatic carbocycles. The van der Waals surface area contributed by atoms with E-state index in [1.54, 1.807) is 30.3 Å². The highest BCUT2D eigenvalue weighted by atomic mass is 16.5. The lowest BCUT2D eigenvalue weighted by Crippen LogP contribution is -2.17. The molecule has 0 spiro atoms. The normalized spacial score (nSPS) is 10.5. The molecule has 2 N–H and O–H groups in total. The predicted molar refractivity (Wildman–Crippen MR) is 89.3 cm³/mol. The number of carbonyl (C=O) groups is 1. The van der Waals surface area contributed by atoms with E-state index in [0.717, 1.165) is 0 Å². The van der Waals surface area contributed by atoms with Crippen LogP contribution in [0.3, 0.4) is 0 Å². The molecule has 7 nitrogen and oxygen atoms in total. The molecular formula is C17H18N2O5. The monoisotopic (exact) mass is 330 g/mol. The predicted octanol–water partition coefficient (Wildman–Crippen LogP) is 2.18. The molecular weight excluding hydrogens is 312 g/mol. The van der Waals surface area contributed by atoms with E-state index in [9.17, 15) is 9.90 Å². The molecule has 0 aliphatic heterocycles. The fourth-order valence-electron chi connectivity index (χ4n) is 1.93. The highest BCUT2D eigenvalue weighted by molar-refractivity contribution is 5.96. The Balaban J connectivity index is 2.13. The van der Waals surface area contributed by atoms with Crippen molar-refractivity contribution < 1.29 is 24.1 Å². The molecule has 24 heavy (non-hydrogen) atoms. The van der Waals surface area contributed by atoms with Crippen LogP contribution in [0.25, 0.3) is 0 Å². The molecule has 0 aromatic heterocycles. The Hall–Kier alpha value is -3.22. The Morgan fingerprint density at radius 1 is 1.00 bits per heavy atom. The second-order valence-electron chi connectivity index (χ2n) is 4.73. The number of carbonyl (C=O) groups excluding carboxylic acids is 1. The lowest BCUT2D eigenvalue weighted by molar-refractivity contribution is 0.0954. The van der Waals surface area contributed by atoms with E-state index in [4.69, 9.17) is 14.2 Å². The zero-order valence-corrected chi connectivity index (χ0v) is 13.6. The number of aromatic hydroxyl groups is 1. The van der Waals surface area contributed by atoms with Crippen molar-refractivity contribution in [3.63, 3.8) is 0 Å². The summed E-state index contributed by atoms with van der Waals surface area (Å²) < 4.78 is 15.3. The molecule has 7 heteroatoms. The summed E-state index contributed by atoms with van der Waals surface area (Å²) in [6.07, 6.45) is 1.33. The molecule has 0 fully saturated rings. The van der Waals surface area contributed by atoms with E-state index in [-0.39, 0.29) is 5.75 Å². The van der Waals surface area contributed by atoms with Crippen LogP contribution in [-0.4, -0.2) is 38.6 Å². The molecule has 0 saturated heterocycles. The number of phenolic OH excluding ortho intramolecular Hbond substituents is 1. The summed E-state index contributed by atoms with van der Waals surface area (Å²) >= 11 is 0. The molecule has 1 amide bonds. The van der Waals surface area contributed by atoms with Gasteiger partial charge in [-0.3, -0.25) is 4.79 Å². The zero-order valence-electron chi connectivity index (χ0n) is 13.6. The lowest BCUT2D eigenvalue weighted by atomic mass is 10.2. The second kappa shape index (κ2) is 7.87. The van der Waals surface area contributed by atoms with Gasteiger partial charge >= 0.3 is 0 Å². The van der Waals surface area contributed by atoms with Crippen LogP contribution in [0.15, 0.2) is 41.5 Å². The minimum absolute atomic E-state index is 0.0249. The van der Waals surface area contributed by atoms with Crippen molar-refractivity contribution in [3.8, 4) is 23.0 Å². The third-order valence-electron chi connectivity index (χ3n) is 3.22. The van der Waals surface area contributed by atoms with Crippen LogP contribution >= 0.6 is 0 Å². The minimum atomic E-state index is -0.439. The number of amides is 1. The Kier molecular flexibility index (Phi) is 5.62. The molecule has 2 aromatic rings. The van der Waals surface area contributed by atoms with Gasteiger partial charge in [0.05, 0.1) is 27.5 Å². The number of nitrogens with zero attached hydrogens (tertiary/aromatic N) is 1. The Bertz CT molecular complexity index is 736. The first-order valence-electron chi connectivity index (χ1n) is 7.01. The maximum atomic E-state index is 12.2. The third kappa shape index (κ3) is 4.16. The smallest absolute Gasteiger partial charge is 0.271 e. The highest BCUT2D eigenvalue weighted by Crippen LogP contribution is 2.23. The van der Waals surface area contributed by atoms with E-state index in [2.05, 4.69) is 10.5 Å². The van der Waals surface area contributed by atoms with E-state index in [1.165, 1.54) is 33.6 Å². The van der Waals surface area contributed by atoms with E-state index in [0.29, 0.717) is 28.4 Å². The summed E-state index contributed by atoms with van der Waals surface area (Å²) in [4.78, 5) is 12.2. The summed E-state index contributed by atoms with van der Waals surface area (Å²) in [5.74, 6) is 1.14. The van der Waals surface area contributed by atoms with Gasteiger partial charge in [-0.15, -0.1) is 0 Å². The molecule has 0 bridgehead atoms.